The van der Waals surface area contributed by atoms with E-state index in [-0.39, 0.29) is 11.3 Å². The molecular formula is C12H17N3O. The molecule has 0 aromatic carbocycles. The zero-order valence-electron chi connectivity index (χ0n) is 10.0. The van der Waals surface area contributed by atoms with Crippen LogP contribution in [0.4, 0.5) is 0 Å². The van der Waals surface area contributed by atoms with Crippen LogP contribution in [0.2, 0.25) is 0 Å². The van der Waals surface area contributed by atoms with Crippen molar-refractivity contribution in [2.24, 2.45) is 0 Å². The molecule has 4 heteroatoms. The highest BCUT2D eigenvalue weighted by molar-refractivity contribution is 5.90. The Balaban J connectivity index is 2.15. The smallest absolute Gasteiger partial charge is 0.291 e. The highest BCUT2D eigenvalue weighted by atomic mass is 16.2. The zero-order chi connectivity index (χ0) is 11.8. The molecule has 0 spiro atoms. The molecule has 86 valence electrons. The van der Waals surface area contributed by atoms with E-state index in [4.69, 9.17) is 0 Å². The summed E-state index contributed by atoms with van der Waals surface area (Å²) in [6, 6.07) is 0. The number of nitrogens with zero attached hydrogens (tertiary/aromatic N) is 3. The fourth-order valence-corrected chi connectivity index (χ4v) is 1.49. The summed E-state index contributed by atoms with van der Waals surface area (Å²) in [4.78, 5) is 21.9. The highest BCUT2D eigenvalue weighted by Crippen LogP contribution is 2.20. The van der Waals surface area contributed by atoms with E-state index in [9.17, 15) is 4.79 Å². The minimum atomic E-state index is -0.0493. The van der Waals surface area contributed by atoms with Crippen LogP contribution in [0.3, 0.4) is 0 Å². The van der Waals surface area contributed by atoms with Gasteiger partial charge in [0.2, 0.25) is 5.82 Å². The maximum atomic E-state index is 11.8. The first-order valence-corrected chi connectivity index (χ1v) is 5.60. The van der Waals surface area contributed by atoms with Gasteiger partial charge in [0.25, 0.3) is 5.91 Å². The van der Waals surface area contributed by atoms with Crippen LogP contribution in [0.25, 0.3) is 0 Å². The number of aromatic nitrogens is 2. The second kappa shape index (κ2) is 3.85. The predicted molar refractivity (Wildman–Crippen MR) is 61.3 cm³/mol. The Hall–Kier alpha value is -1.45. The van der Waals surface area contributed by atoms with E-state index in [1.165, 1.54) is 0 Å². The molecule has 1 aromatic rings. The maximum absolute atomic E-state index is 11.8. The van der Waals surface area contributed by atoms with Gasteiger partial charge in [-0.05, 0) is 17.4 Å². The van der Waals surface area contributed by atoms with Crippen LogP contribution in [0, 0.1) is 0 Å². The number of likely N-dealkylation sites (tertiary alicyclic amines) is 1. The van der Waals surface area contributed by atoms with Gasteiger partial charge < -0.3 is 4.90 Å². The third kappa shape index (κ3) is 2.05. The Kier molecular flexibility index (Phi) is 2.66. The van der Waals surface area contributed by atoms with Gasteiger partial charge in [0, 0.05) is 25.5 Å². The van der Waals surface area contributed by atoms with Crippen LogP contribution < -0.4 is 0 Å². The number of amides is 1. The summed E-state index contributed by atoms with van der Waals surface area (Å²) < 4.78 is 0. The van der Waals surface area contributed by atoms with E-state index in [0.29, 0.717) is 5.82 Å². The van der Waals surface area contributed by atoms with E-state index in [1.807, 2.05) is 0 Å². The lowest BCUT2D eigenvalue weighted by Crippen LogP contribution is -2.42. The quantitative estimate of drug-likeness (QED) is 0.721. The molecule has 2 heterocycles. The van der Waals surface area contributed by atoms with Crippen LogP contribution in [0.1, 0.15) is 43.4 Å². The zero-order valence-corrected chi connectivity index (χ0v) is 10.0. The van der Waals surface area contributed by atoms with E-state index in [0.717, 1.165) is 25.1 Å². The van der Waals surface area contributed by atoms with Gasteiger partial charge >= 0.3 is 0 Å². The highest BCUT2D eigenvalue weighted by Gasteiger charge is 2.24. The summed E-state index contributed by atoms with van der Waals surface area (Å²) >= 11 is 0. The van der Waals surface area contributed by atoms with Gasteiger partial charge in [-0.15, -0.1) is 0 Å². The Morgan fingerprint density at radius 3 is 2.19 bits per heavy atom. The molecule has 1 fully saturated rings. The molecule has 1 aliphatic heterocycles. The van der Waals surface area contributed by atoms with Gasteiger partial charge in [-0.2, -0.15) is 0 Å². The van der Waals surface area contributed by atoms with Gasteiger partial charge in [-0.3, -0.25) is 4.79 Å². The van der Waals surface area contributed by atoms with Crippen LogP contribution in [-0.2, 0) is 5.41 Å². The van der Waals surface area contributed by atoms with Crippen LogP contribution >= 0.6 is 0 Å². The summed E-state index contributed by atoms with van der Waals surface area (Å²) in [7, 11) is 0. The molecule has 0 aliphatic carbocycles. The second-order valence-electron chi connectivity index (χ2n) is 5.19. The minimum absolute atomic E-state index is 0.0261. The normalized spacial score (nSPS) is 15.8. The van der Waals surface area contributed by atoms with Crippen LogP contribution in [0.5, 0.6) is 0 Å². The summed E-state index contributed by atoms with van der Waals surface area (Å²) in [5, 5.41) is 0. The van der Waals surface area contributed by atoms with E-state index >= 15 is 0 Å². The van der Waals surface area contributed by atoms with Crippen molar-refractivity contribution in [3.05, 3.63) is 23.8 Å². The summed E-state index contributed by atoms with van der Waals surface area (Å²) in [6.07, 6.45) is 4.59. The Morgan fingerprint density at radius 1 is 1.25 bits per heavy atom. The number of hydrogen-bond donors (Lipinski definition) is 0. The summed E-state index contributed by atoms with van der Waals surface area (Å²) in [6.45, 7) is 7.97. The fraction of sp³-hybridized carbons (Fsp3) is 0.583. The topological polar surface area (TPSA) is 46.1 Å². The maximum Gasteiger partial charge on any atom is 0.291 e. The first kappa shape index (κ1) is 11.0. The summed E-state index contributed by atoms with van der Waals surface area (Å²) in [5.74, 6) is 0.263. The Labute approximate surface area is 95.7 Å². The van der Waals surface area contributed by atoms with E-state index < -0.39 is 0 Å². The predicted octanol–water partition coefficient (Wildman–Crippen LogP) is 1.62. The molecule has 4 nitrogen and oxygen atoms in total. The van der Waals surface area contributed by atoms with Crippen molar-refractivity contribution < 1.29 is 4.79 Å². The number of carbonyl (C=O) groups is 1. The van der Waals surface area contributed by atoms with Crippen molar-refractivity contribution >= 4 is 5.91 Å². The first-order chi connectivity index (χ1) is 7.48. The lowest BCUT2D eigenvalue weighted by molar-refractivity contribution is 0.0638. The van der Waals surface area contributed by atoms with Crippen LogP contribution in [0.15, 0.2) is 12.4 Å². The van der Waals surface area contributed by atoms with Crippen molar-refractivity contribution in [3.63, 3.8) is 0 Å². The molecule has 1 aromatic heterocycles. The molecular weight excluding hydrogens is 202 g/mol. The molecule has 0 unspecified atom stereocenters. The van der Waals surface area contributed by atoms with Crippen molar-refractivity contribution in [1.29, 1.82) is 0 Å². The fourth-order valence-electron chi connectivity index (χ4n) is 1.49. The largest absolute Gasteiger partial charge is 0.336 e. The average Bonchev–Trinajstić information content (AvgIpc) is 2.14. The molecule has 0 N–H and O–H groups in total. The SMILES string of the molecule is CC(C)(C)c1cnc(C(=O)N2CCC2)nc1. The Morgan fingerprint density at radius 2 is 1.81 bits per heavy atom. The van der Waals surface area contributed by atoms with Crippen molar-refractivity contribution in [3.8, 4) is 0 Å². The van der Waals surface area contributed by atoms with Crippen molar-refractivity contribution in [2.45, 2.75) is 32.6 Å². The molecule has 2 rings (SSSR count). The molecule has 0 saturated carbocycles. The molecule has 1 amide bonds. The molecule has 0 atom stereocenters. The van der Waals surface area contributed by atoms with Crippen molar-refractivity contribution in [2.75, 3.05) is 13.1 Å². The molecule has 1 aliphatic rings. The molecule has 0 radical (unpaired) electrons. The first-order valence-electron chi connectivity index (χ1n) is 5.60. The van der Waals surface area contributed by atoms with Crippen LogP contribution in [-0.4, -0.2) is 33.9 Å². The van der Waals surface area contributed by atoms with Gasteiger partial charge in [0.15, 0.2) is 0 Å². The standard InChI is InChI=1S/C12H17N3O/c1-12(2,3)9-7-13-10(14-8-9)11(16)15-5-4-6-15/h7-8H,4-6H2,1-3H3. The minimum Gasteiger partial charge on any atom is -0.336 e. The molecule has 1 saturated heterocycles. The summed E-state index contributed by atoms with van der Waals surface area (Å²) in [5.41, 5.74) is 1.07. The molecule has 0 bridgehead atoms. The van der Waals surface area contributed by atoms with Crippen molar-refractivity contribution in [1.82, 2.24) is 14.9 Å². The third-order valence-electron chi connectivity index (χ3n) is 2.85. The lowest BCUT2D eigenvalue weighted by Gasteiger charge is -2.30. The van der Waals surface area contributed by atoms with Gasteiger partial charge in [-0.25, -0.2) is 9.97 Å². The number of hydrogen-bond acceptors (Lipinski definition) is 3. The van der Waals surface area contributed by atoms with Gasteiger partial charge in [-0.1, -0.05) is 20.8 Å². The van der Waals surface area contributed by atoms with Gasteiger partial charge in [0.05, 0.1) is 0 Å². The third-order valence-corrected chi connectivity index (χ3v) is 2.85. The monoisotopic (exact) mass is 219 g/mol. The molecule has 16 heavy (non-hydrogen) atoms. The second-order valence-corrected chi connectivity index (χ2v) is 5.19. The average molecular weight is 219 g/mol. The number of rotatable bonds is 1. The Bertz CT molecular complexity index is 388. The lowest BCUT2D eigenvalue weighted by atomic mass is 9.89. The van der Waals surface area contributed by atoms with E-state index in [1.54, 1.807) is 17.3 Å². The van der Waals surface area contributed by atoms with E-state index in [2.05, 4.69) is 30.7 Å². The van der Waals surface area contributed by atoms with Gasteiger partial charge in [0.1, 0.15) is 0 Å². The number of carbonyl (C=O) groups excluding carboxylic acids is 1.